The largest absolute Gasteiger partial charge is 0.573 e. The van der Waals surface area contributed by atoms with E-state index in [1.165, 1.54) is 17.0 Å². The Balaban J connectivity index is 1.89. The number of nitrogens with one attached hydrogen (secondary N) is 2. The van der Waals surface area contributed by atoms with E-state index in [0.29, 0.717) is 16.9 Å². The Hall–Kier alpha value is -3.23. The molecule has 2 N–H and O–H groups in total. The number of benzene rings is 2. The van der Waals surface area contributed by atoms with Crippen molar-refractivity contribution in [2.75, 3.05) is 31.3 Å². The van der Waals surface area contributed by atoms with Crippen LogP contribution in [0.2, 0.25) is 0 Å². The average Bonchev–Trinajstić information content (AvgIpc) is 2.60. The van der Waals surface area contributed by atoms with E-state index in [0.717, 1.165) is 12.1 Å². The van der Waals surface area contributed by atoms with Gasteiger partial charge in [-0.3, -0.25) is 9.59 Å². The summed E-state index contributed by atoms with van der Waals surface area (Å²) in [4.78, 5) is 25.3. The zero-order valence-corrected chi connectivity index (χ0v) is 14.6. The number of alkyl halides is 3. The van der Waals surface area contributed by atoms with Gasteiger partial charge in [-0.15, -0.1) is 13.2 Å². The normalized spacial score (nSPS) is 10.9. The number of amides is 2. The van der Waals surface area contributed by atoms with E-state index in [4.69, 9.17) is 0 Å². The van der Waals surface area contributed by atoms with Crippen LogP contribution in [0.25, 0.3) is 0 Å². The van der Waals surface area contributed by atoms with E-state index in [-0.39, 0.29) is 18.2 Å². The highest BCUT2D eigenvalue weighted by Gasteiger charge is 2.30. The maximum absolute atomic E-state index is 12.1. The Morgan fingerprint density at radius 1 is 1.04 bits per heavy atom. The molecular weight excluding hydrogens is 363 g/mol. The summed E-state index contributed by atoms with van der Waals surface area (Å²) >= 11 is 0. The lowest BCUT2D eigenvalue weighted by Crippen LogP contribution is -2.23. The fraction of sp³-hybridized carbons (Fsp3) is 0.222. The lowest BCUT2D eigenvalue weighted by molar-refractivity contribution is -0.274. The molecule has 2 aromatic rings. The first-order chi connectivity index (χ1) is 12.6. The van der Waals surface area contributed by atoms with Gasteiger partial charge < -0.3 is 20.3 Å². The zero-order chi connectivity index (χ0) is 20.0. The fourth-order valence-corrected chi connectivity index (χ4v) is 2.15. The number of carbonyl (C=O) groups excluding carboxylic acids is 2. The van der Waals surface area contributed by atoms with Crippen LogP contribution in [0.15, 0.2) is 48.5 Å². The second-order valence-corrected chi connectivity index (χ2v) is 5.75. The summed E-state index contributed by atoms with van der Waals surface area (Å²) in [6.07, 6.45) is -4.77. The SMILES string of the molecule is CN(C)C(=O)c1cccc(NCC(=O)Nc2ccc(OC(F)(F)F)cc2)c1. The highest BCUT2D eigenvalue weighted by Crippen LogP contribution is 2.23. The summed E-state index contributed by atoms with van der Waals surface area (Å²) in [5.74, 6) is -0.936. The van der Waals surface area contributed by atoms with E-state index in [2.05, 4.69) is 15.4 Å². The molecule has 0 aliphatic carbocycles. The minimum Gasteiger partial charge on any atom is -0.406 e. The Bertz CT molecular complexity index is 805. The standard InChI is InChI=1S/C18H18F3N3O3/c1-24(2)17(26)12-4-3-5-14(10-12)22-11-16(25)23-13-6-8-15(9-7-13)27-18(19,20)21/h3-10,22H,11H2,1-2H3,(H,23,25). The minimum atomic E-state index is -4.77. The predicted octanol–water partition coefficient (Wildman–Crippen LogP) is 3.34. The van der Waals surface area contributed by atoms with Crippen molar-refractivity contribution in [3.63, 3.8) is 0 Å². The van der Waals surface area contributed by atoms with E-state index in [1.54, 1.807) is 38.4 Å². The van der Waals surface area contributed by atoms with Gasteiger partial charge in [0.05, 0.1) is 6.54 Å². The number of ether oxygens (including phenoxy) is 1. The summed E-state index contributed by atoms with van der Waals surface area (Å²) in [5, 5.41) is 5.43. The summed E-state index contributed by atoms with van der Waals surface area (Å²) in [6.45, 7) is -0.0829. The van der Waals surface area contributed by atoms with Crippen LogP contribution in [0, 0.1) is 0 Å². The highest BCUT2D eigenvalue weighted by atomic mass is 19.4. The van der Waals surface area contributed by atoms with Crippen molar-refractivity contribution < 1.29 is 27.5 Å². The van der Waals surface area contributed by atoms with Gasteiger partial charge >= 0.3 is 6.36 Å². The van der Waals surface area contributed by atoms with Gasteiger partial charge in [0.1, 0.15) is 5.75 Å². The van der Waals surface area contributed by atoms with Crippen molar-refractivity contribution in [1.82, 2.24) is 4.90 Å². The molecule has 2 rings (SSSR count). The summed E-state index contributed by atoms with van der Waals surface area (Å²) < 4.78 is 40.1. The molecule has 2 aromatic carbocycles. The Labute approximate surface area is 153 Å². The van der Waals surface area contributed by atoms with Crippen LogP contribution in [0.3, 0.4) is 0 Å². The lowest BCUT2D eigenvalue weighted by atomic mass is 10.2. The second-order valence-electron chi connectivity index (χ2n) is 5.75. The highest BCUT2D eigenvalue weighted by molar-refractivity contribution is 5.96. The molecule has 0 spiro atoms. The molecule has 0 radical (unpaired) electrons. The molecular formula is C18H18F3N3O3. The molecule has 0 unspecified atom stereocenters. The molecule has 0 aliphatic heterocycles. The molecule has 27 heavy (non-hydrogen) atoms. The third-order valence-electron chi connectivity index (χ3n) is 3.34. The van der Waals surface area contributed by atoms with Gasteiger partial charge in [-0.05, 0) is 42.5 Å². The first-order valence-electron chi connectivity index (χ1n) is 7.85. The maximum Gasteiger partial charge on any atom is 0.573 e. The smallest absolute Gasteiger partial charge is 0.406 e. The Morgan fingerprint density at radius 3 is 2.30 bits per heavy atom. The molecule has 0 saturated heterocycles. The summed E-state index contributed by atoms with van der Waals surface area (Å²) in [5.41, 5.74) is 1.39. The van der Waals surface area contributed by atoms with Gasteiger partial charge in [0, 0.05) is 31.0 Å². The minimum absolute atomic E-state index is 0.0829. The number of anilines is 2. The van der Waals surface area contributed by atoms with Crippen molar-refractivity contribution in [1.29, 1.82) is 0 Å². The van der Waals surface area contributed by atoms with Gasteiger partial charge in [0.15, 0.2) is 0 Å². The molecule has 0 fully saturated rings. The Kier molecular flexibility index (Phi) is 6.27. The van der Waals surface area contributed by atoms with Gasteiger partial charge in [0.2, 0.25) is 5.91 Å². The molecule has 0 atom stereocenters. The van der Waals surface area contributed by atoms with E-state index < -0.39 is 12.3 Å². The molecule has 9 heteroatoms. The van der Waals surface area contributed by atoms with Crippen LogP contribution in [0.1, 0.15) is 10.4 Å². The van der Waals surface area contributed by atoms with Crippen molar-refractivity contribution in [2.24, 2.45) is 0 Å². The molecule has 144 valence electrons. The number of halogens is 3. The van der Waals surface area contributed by atoms with Crippen molar-refractivity contribution >= 4 is 23.2 Å². The van der Waals surface area contributed by atoms with Crippen molar-refractivity contribution in [3.8, 4) is 5.75 Å². The van der Waals surface area contributed by atoms with E-state index in [1.807, 2.05) is 0 Å². The van der Waals surface area contributed by atoms with Crippen LogP contribution in [-0.2, 0) is 4.79 Å². The molecule has 0 bridgehead atoms. The second kappa shape index (κ2) is 8.43. The number of nitrogens with zero attached hydrogens (tertiary/aromatic N) is 1. The molecule has 0 aliphatic rings. The topological polar surface area (TPSA) is 70.7 Å². The quantitative estimate of drug-likeness (QED) is 0.805. The van der Waals surface area contributed by atoms with Gasteiger partial charge in [0.25, 0.3) is 5.91 Å². The fourth-order valence-electron chi connectivity index (χ4n) is 2.15. The van der Waals surface area contributed by atoms with Crippen molar-refractivity contribution in [2.45, 2.75) is 6.36 Å². The first kappa shape index (κ1) is 20.1. The first-order valence-corrected chi connectivity index (χ1v) is 7.85. The van der Waals surface area contributed by atoms with Gasteiger partial charge in [-0.2, -0.15) is 0 Å². The van der Waals surface area contributed by atoms with Crippen molar-refractivity contribution in [3.05, 3.63) is 54.1 Å². The summed E-state index contributed by atoms with van der Waals surface area (Å²) in [7, 11) is 3.28. The lowest BCUT2D eigenvalue weighted by Gasteiger charge is -2.12. The monoisotopic (exact) mass is 381 g/mol. The third-order valence-corrected chi connectivity index (χ3v) is 3.34. The van der Waals surface area contributed by atoms with Gasteiger partial charge in [-0.1, -0.05) is 6.07 Å². The van der Waals surface area contributed by atoms with Gasteiger partial charge in [-0.25, -0.2) is 0 Å². The maximum atomic E-state index is 12.1. The van der Waals surface area contributed by atoms with Crippen LogP contribution >= 0.6 is 0 Å². The zero-order valence-electron chi connectivity index (χ0n) is 14.6. The molecule has 0 heterocycles. The number of hydrogen-bond donors (Lipinski definition) is 2. The number of hydrogen-bond acceptors (Lipinski definition) is 4. The van der Waals surface area contributed by atoms with Crippen LogP contribution in [-0.4, -0.2) is 43.7 Å². The molecule has 0 aromatic heterocycles. The van der Waals surface area contributed by atoms with E-state index >= 15 is 0 Å². The number of carbonyl (C=O) groups is 2. The molecule has 6 nitrogen and oxygen atoms in total. The van der Waals surface area contributed by atoms with Crippen LogP contribution in [0.5, 0.6) is 5.75 Å². The molecule has 0 saturated carbocycles. The predicted molar refractivity (Wildman–Crippen MR) is 94.7 cm³/mol. The third kappa shape index (κ3) is 6.53. The summed E-state index contributed by atoms with van der Waals surface area (Å²) in [6, 6.07) is 11.5. The average molecular weight is 381 g/mol. The van der Waals surface area contributed by atoms with E-state index in [9.17, 15) is 22.8 Å². The Morgan fingerprint density at radius 2 is 1.70 bits per heavy atom. The van der Waals surface area contributed by atoms with Crippen LogP contribution < -0.4 is 15.4 Å². The number of rotatable bonds is 6. The molecule has 2 amide bonds. The van der Waals surface area contributed by atoms with Crippen LogP contribution in [0.4, 0.5) is 24.5 Å².